The molecule has 0 heterocycles. The molecule has 0 radical (unpaired) electrons. The largest absolute Gasteiger partial charge is 0.494 e. The first kappa shape index (κ1) is 36.4. The summed E-state index contributed by atoms with van der Waals surface area (Å²) in [7, 11) is -13.0. The molecule has 49 heavy (non-hydrogen) atoms. The second-order valence-electron chi connectivity index (χ2n) is 9.90. The zero-order chi connectivity index (χ0) is 36.3. The molecule has 0 saturated heterocycles. The van der Waals surface area contributed by atoms with Crippen LogP contribution in [0.4, 0.5) is 28.4 Å². The van der Waals surface area contributed by atoms with Crippen LogP contribution in [-0.4, -0.2) is 55.8 Å². The number of non-ortho nitro benzene ring substituents is 1. The Labute approximate surface area is 278 Å². The summed E-state index contributed by atoms with van der Waals surface area (Å²) in [5, 5.41) is 19.2. The van der Waals surface area contributed by atoms with E-state index in [0.29, 0.717) is 17.3 Å². The van der Waals surface area contributed by atoms with E-state index in [1.807, 2.05) is 0 Å². The summed E-state index contributed by atoms with van der Waals surface area (Å²) in [4.78, 5) is 21.5. The number of nitro benzene ring substituents is 1. The van der Waals surface area contributed by atoms with E-state index in [0.717, 1.165) is 48.6 Å². The van der Waals surface area contributed by atoms with Gasteiger partial charge in [0.15, 0.2) is 4.87 Å². The molecule has 0 amide bonds. The van der Waals surface area contributed by atoms with Gasteiger partial charge in [-0.15, -0.1) is 5.43 Å². The minimum Gasteiger partial charge on any atom is -0.494 e. The highest BCUT2D eigenvalue weighted by Gasteiger charge is 2.24. The van der Waals surface area contributed by atoms with E-state index in [4.69, 9.17) is 9.29 Å². The Morgan fingerprint density at radius 3 is 1.76 bits per heavy atom. The minimum absolute atomic E-state index is 0.106. The van der Waals surface area contributed by atoms with Crippen LogP contribution >= 0.6 is 0 Å². The number of anilines is 1. The molecule has 4 rings (SSSR count). The molecule has 256 valence electrons. The lowest BCUT2D eigenvalue weighted by Crippen LogP contribution is -2.12. The van der Waals surface area contributed by atoms with E-state index in [1.165, 1.54) is 37.4 Å². The van der Waals surface area contributed by atoms with Gasteiger partial charge in [0.05, 0.1) is 33.2 Å². The average molecular weight is 735 g/mol. The van der Waals surface area contributed by atoms with E-state index in [9.17, 15) is 49.4 Å². The van der Waals surface area contributed by atoms with Gasteiger partial charge in [0, 0.05) is 30.3 Å². The number of nitro groups is 1. The van der Waals surface area contributed by atoms with Gasteiger partial charge in [-0.25, -0.2) is 0 Å². The number of ether oxygens (including phenoxy) is 1. The van der Waals surface area contributed by atoms with Crippen molar-refractivity contribution in [2.24, 2.45) is 10.2 Å². The number of nitrogens with zero attached hydrogens (tertiary/aromatic N) is 4. The fraction of sp³-hybridized carbons (Fsp3) is 0.0714. The molecule has 0 fully saturated rings. The zero-order valence-electron chi connectivity index (χ0n) is 25.0. The third kappa shape index (κ3) is 8.92. The molecule has 0 spiro atoms. The molecule has 4 N–H and O–H groups in total. The Kier molecular flexibility index (Phi) is 10.4. The molecule has 0 aromatic heterocycles. The van der Waals surface area contributed by atoms with Crippen LogP contribution in [0, 0.1) is 21.9 Å². The summed E-state index contributed by atoms with van der Waals surface area (Å²) in [6.45, 7) is 1.63. The maximum absolute atomic E-state index is 13.1. The van der Waals surface area contributed by atoms with E-state index >= 15 is 0 Å². The Morgan fingerprint density at radius 1 is 0.735 bits per heavy atom. The molecule has 0 aliphatic heterocycles. The lowest BCUT2D eigenvalue weighted by Gasteiger charge is -2.09. The van der Waals surface area contributed by atoms with Gasteiger partial charge < -0.3 is 4.74 Å². The second kappa shape index (κ2) is 14.0. The van der Waals surface area contributed by atoms with Crippen LogP contribution in [0.2, 0.25) is 0 Å². The molecule has 4 aromatic carbocycles. The van der Waals surface area contributed by atoms with Gasteiger partial charge in [-0.3, -0.25) is 23.8 Å². The summed E-state index contributed by atoms with van der Waals surface area (Å²) in [5.74, 6) is 0.106. The van der Waals surface area contributed by atoms with Gasteiger partial charge in [-0.1, -0.05) is 12.2 Å². The molecule has 0 aliphatic carbocycles. The molecule has 0 saturated carbocycles. The molecule has 0 aliphatic rings. The number of nitroso groups, excluding NO2 is 1. The van der Waals surface area contributed by atoms with Gasteiger partial charge in [0.1, 0.15) is 21.2 Å². The van der Waals surface area contributed by atoms with Crippen molar-refractivity contribution in [3.05, 3.63) is 105 Å². The Bertz CT molecular complexity index is 2380. The Hall–Kier alpha value is -5.45. The van der Waals surface area contributed by atoms with Crippen LogP contribution < -0.4 is 10.2 Å². The molecular formula is C28H24N5O13S3+. The van der Waals surface area contributed by atoms with Crippen molar-refractivity contribution in [1.82, 2.24) is 0 Å². The summed E-state index contributed by atoms with van der Waals surface area (Å²) in [5.41, 5.74) is 2.26. The smallest absolute Gasteiger partial charge is 0.295 e. The van der Waals surface area contributed by atoms with Crippen molar-refractivity contribution in [1.29, 1.82) is 0 Å². The highest BCUT2D eigenvalue weighted by molar-refractivity contribution is 7.86. The van der Waals surface area contributed by atoms with Gasteiger partial charge in [0.2, 0.25) is 0 Å². The third-order valence-corrected chi connectivity index (χ3v) is 9.27. The van der Waals surface area contributed by atoms with Crippen molar-refractivity contribution >= 4 is 70.9 Å². The highest BCUT2D eigenvalue weighted by atomic mass is 32.2. The quantitative estimate of drug-likeness (QED) is 0.0341. The Morgan fingerprint density at radius 2 is 1.27 bits per heavy atom. The predicted molar refractivity (Wildman–Crippen MR) is 173 cm³/mol. The number of hydrazine groups is 1. The van der Waals surface area contributed by atoms with E-state index < -0.39 is 50.8 Å². The lowest BCUT2D eigenvalue weighted by molar-refractivity contribution is -0.428. The molecular weight excluding hydrogens is 711 g/mol. The van der Waals surface area contributed by atoms with Crippen LogP contribution in [-0.2, 0) is 30.4 Å². The lowest BCUT2D eigenvalue weighted by atomic mass is 10.1. The summed E-state index contributed by atoms with van der Waals surface area (Å²) in [6.07, 6.45) is 2.08. The van der Waals surface area contributed by atoms with Crippen LogP contribution in [0.1, 0.15) is 16.7 Å². The third-order valence-electron chi connectivity index (χ3n) is 6.59. The first-order chi connectivity index (χ1) is 22.8. The topological polar surface area (TPSA) is 272 Å². The van der Waals surface area contributed by atoms with Gasteiger partial charge >= 0.3 is 0 Å². The minimum atomic E-state index is -4.98. The maximum Gasteiger partial charge on any atom is 0.295 e. The molecule has 0 bridgehead atoms. The number of nitrogens with one attached hydrogen (secondary N) is 1. The normalized spacial score (nSPS) is 12.3. The second-order valence-corrected chi connectivity index (χ2v) is 14.1. The number of hydrogen-bond donors (Lipinski definition) is 4. The van der Waals surface area contributed by atoms with Gasteiger partial charge in [0.25, 0.3) is 41.7 Å². The van der Waals surface area contributed by atoms with Gasteiger partial charge in [-0.2, -0.15) is 35.5 Å². The number of hydrogen-bond acceptors (Lipinski definition) is 12. The SMILES string of the molecule is COc1cc(N=Nc2ccc(S(=O)(=O)O)cc2)c(C)cc1N[N+](=O)c1ccc(/C=C/c2ccc([N+](=O)[O-])cc2S(=O)(=O)O)c(S(=O)(=O)O)c1. The molecule has 0 atom stereocenters. The number of rotatable bonds is 12. The maximum atomic E-state index is 13.1. The number of methoxy groups -OCH3 is 1. The Balaban J connectivity index is 1.62. The first-order valence-corrected chi connectivity index (χ1v) is 17.6. The standard InChI is InChI=1S/C28H23N5O13S3/c1-17-13-25(26(46-2)16-24(17)30-29-20-7-11-23(12-8-20)47(37,38)39)31-32(34)21-9-5-18(27(14-21)48(40,41)42)3-4-19-6-10-22(33(35)36)15-28(19)49(43,44)45/h3-16H,1-2H3,(H3-,31,34,37,38,39,40,41,42,43,44,45)/p+1/b4-3+. The molecule has 4 aromatic rings. The number of azo groups is 1. The molecule has 0 unspecified atom stereocenters. The van der Waals surface area contributed by atoms with Crippen molar-refractivity contribution < 1.29 is 53.4 Å². The van der Waals surface area contributed by atoms with E-state index in [-0.39, 0.29) is 43.7 Å². The molecule has 18 nitrogen and oxygen atoms in total. The first-order valence-electron chi connectivity index (χ1n) is 13.3. The zero-order valence-corrected chi connectivity index (χ0v) is 27.5. The monoisotopic (exact) mass is 734 g/mol. The number of aryl methyl sites for hydroxylation is 1. The van der Waals surface area contributed by atoms with Crippen molar-refractivity contribution in [3.63, 3.8) is 0 Å². The van der Waals surface area contributed by atoms with Crippen molar-refractivity contribution in [3.8, 4) is 5.75 Å². The van der Waals surface area contributed by atoms with Crippen LogP contribution in [0.5, 0.6) is 5.75 Å². The fourth-order valence-corrected chi connectivity index (χ4v) is 6.09. The summed E-state index contributed by atoms with van der Waals surface area (Å²) >= 11 is 0. The van der Waals surface area contributed by atoms with E-state index in [2.05, 4.69) is 15.7 Å². The summed E-state index contributed by atoms with van der Waals surface area (Å²) < 4.78 is 104. The van der Waals surface area contributed by atoms with Crippen LogP contribution in [0.3, 0.4) is 0 Å². The van der Waals surface area contributed by atoms with Crippen LogP contribution in [0.25, 0.3) is 12.2 Å². The van der Waals surface area contributed by atoms with Crippen molar-refractivity contribution in [2.45, 2.75) is 21.6 Å². The number of benzene rings is 4. The summed E-state index contributed by atoms with van der Waals surface area (Å²) in [6, 6.07) is 13.5. The predicted octanol–water partition coefficient (Wildman–Crippen LogP) is 5.68. The van der Waals surface area contributed by atoms with Gasteiger partial charge in [-0.05, 0) is 66.1 Å². The van der Waals surface area contributed by atoms with E-state index in [1.54, 1.807) is 6.92 Å². The van der Waals surface area contributed by atoms with Crippen LogP contribution in [0.15, 0.2) is 97.7 Å². The average Bonchev–Trinajstić information content (AvgIpc) is 3.02. The fourth-order valence-electron chi connectivity index (χ4n) is 4.20. The van der Waals surface area contributed by atoms with Crippen molar-refractivity contribution in [2.75, 3.05) is 12.5 Å². The highest BCUT2D eigenvalue weighted by Crippen LogP contribution is 2.35. The molecule has 21 heteroatoms.